The molecule has 0 atom stereocenters. The maximum Gasteiger partial charge on any atom is 0.210 e. The van der Waals surface area contributed by atoms with Gasteiger partial charge >= 0.3 is 0 Å². The molecule has 0 N–H and O–H groups in total. The Bertz CT molecular complexity index is 1110. The van der Waals surface area contributed by atoms with Gasteiger partial charge in [-0.25, -0.2) is 9.98 Å². The number of benzene rings is 3. The third-order valence-electron chi connectivity index (χ3n) is 4.34. The van der Waals surface area contributed by atoms with E-state index in [9.17, 15) is 0 Å². The third kappa shape index (κ3) is 3.19. The lowest BCUT2D eigenvalue weighted by Crippen LogP contribution is -1.92. The number of fused-ring (bicyclic) bond motifs is 2. The summed E-state index contributed by atoms with van der Waals surface area (Å²) in [4.78, 5) is 9.20. The number of rotatable bonds is 5. The standard InChI is InChI=1S/C21H18N2O3S/c1-24-17-9-8-13-6-4-5-7-14(13)15(17)12-22-21-23-16-10-18(25-2)19(26-3)11-20(16)27-21/h4-12H,1-3H3. The summed E-state index contributed by atoms with van der Waals surface area (Å²) in [7, 11) is 4.90. The molecule has 0 spiro atoms. The Hall–Kier alpha value is -3.12. The van der Waals surface area contributed by atoms with Crippen molar-refractivity contribution >= 4 is 43.7 Å². The first kappa shape index (κ1) is 17.3. The predicted molar refractivity (Wildman–Crippen MR) is 110 cm³/mol. The minimum absolute atomic E-state index is 0.654. The van der Waals surface area contributed by atoms with Crippen LogP contribution in [0.3, 0.4) is 0 Å². The zero-order chi connectivity index (χ0) is 18.8. The molecule has 0 saturated heterocycles. The second-order valence-electron chi connectivity index (χ2n) is 5.83. The van der Waals surface area contributed by atoms with E-state index < -0.39 is 0 Å². The minimum Gasteiger partial charge on any atom is -0.496 e. The van der Waals surface area contributed by atoms with Crippen LogP contribution < -0.4 is 14.2 Å². The van der Waals surface area contributed by atoms with Crippen molar-refractivity contribution in [1.82, 2.24) is 4.98 Å². The zero-order valence-corrected chi connectivity index (χ0v) is 16.0. The van der Waals surface area contributed by atoms with E-state index in [1.165, 1.54) is 11.3 Å². The summed E-state index contributed by atoms with van der Waals surface area (Å²) in [5.74, 6) is 2.11. The van der Waals surface area contributed by atoms with E-state index in [0.29, 0.717) is 16.6 Å². The molecule has 0 aliphatic rings. The van der Waals surface area contributed by atoms with E-state index in [2.05, 4.69) is 22.1 Å². The summed E-state index contributed by atoms with van der Waals surface area (Å²) < 4.78 is 17.2. The van der Waals surface area contributed by atoms with Crippen molar-refractivity contribution in [2.24, 2.45) is 4.99 Å². The maximum absolute atomic E-state index is 5.52. The second-order valence-corrected chi connectivity index (χ2v) is 6.84. The maximum atomic E-state index is 5.52. The van der Waals surface area contributed by atoms with E-state index in [4.69, 9.17) is 14.2 Å². The second kappa shape index (κ2) is 7.25. The molecule has 0 saturated carbocycles. The van der Waals surface area contributed by atoms with Gasteiger partial charge in [-0.1, -0.05) is 41.7 Å². The van der Waals surface area contributed by atoms with Gasteiger partial charge in [-0.3, -0.25) is 0 Å². The van der Waals surface area contributed by atoms with Crippen molar-refractivity contribution in [2.75, 3.05) is 21.3 Å². The van der Waals surface area contributed by atoms with Crippen molar-refractivity contribution in [3.8, 4) is 17.2 Å². The average molecular weight is 378 g/mol. The van der Waals surface area contributed by atoms with E-state index in [1.807, 2.05) is 42.6 Å². The van der Waals surface area contributed by atoms with E-state index in [1.54, 1.807) is 21.3 Å². The molecular formula is C21H18N2O3S. The van der Waals surface area contributed by atoms with Gasteiger partial charge < -0.3 is 14.2 Å². The number of hydrogen-bond donors (Lipinski definition) is 0. The molecule has 4 aromatic rings. The van der Waals surface area contributed by atoms with Crippen LogP contribution in [-0.4, -0.2) is 32.5 Å². The number of thiazole rings is 1. The Balaban J connectivity index is 1.78. The van der Waals surface area contributed by atoms with Gasteiger partial charge in [0.1, 0.15) is 5.75 Å². The van der Waals surface area contributed by atoms with Gasteiger partial charge in [-0.05, 0) is 16.8 Å². The van der Waals surface area contributed by atoms with Crippen molar-refractivity contribution < 1.29 is 14.2 Å². The Kier molecular flexibility index (Phi) is 4.64. The highest BCUT2D eigenvalue weighted by atomic mass is 32.1. The Morgan fingerprint density at radius 2 is 1.63 bits per heavy atom. The lowest BCUT2D eigenvalue weighted by Gasteiger charge is -2.07. The van der Waals surface area contributed by atoms with E-state index in [-0.39, 0.29) is 0 Å². The molecule has 3 aromatic carbocycles. The number of ether oxygens (including phenoxy) is 3. The molecule has 0 bridgehead atoms. The van der Waals surface area contributed by atoms with Gasteiger partial charge in [-0.2, -0.15) is 0 Å². The molecule has 0 unspecified atom stereocenters. The molecule has 4 rings (SSSR count). The first-order valence-electron chi connectivity index (χ1n) is 8.36. The van der Waals surface area contributed by atoms with Crippen LogP contribution in [0.25, 0.3) is 21.0 Å². The van der Waals surface area contributed by atoms with Gasteiger partial charge in [0.2, 0.25) is 5.13 Å². The van der Waals surface area contributed by atoms with Crippen molar-refractivity contribution in [3.05, 3.63) is 54.1 Å². The van der Waals surface area contributed by atoms with Gasteiger partial charge in [0.05, 0.1) is 31.5 Å². The Morgan fingerprint density at radius 1 is 0.889 bits per heavy atom. The number of hydrogen-bond acceptors (Lipinski definition) is 6. The smallest absolute Gasteiger partial charge is 0.210 e. The molecule has 136 valence electrons. The summed E-state index contributed by atoms with van der Waals surface area (Å²) in [5, 5.41) is 2.89. The number of aromatic nitrogens is 1. The van der Waals surface area contributed by atoms with Crippen LogP contribution in [0, 0.1) is 0 Å². The van der Waals surface area contributed by atoms with Crippen LogP contribution in [0.4, 0.5) is 5.13 Å². The fourth-order valence-corrected chi connectivity index (χ4v) is 3.83. The number of methoxy groups -OCH3 is 3. The molecular weight excluding hydrogens is 360 g/mol. The SMILES string of the molecule is COc1cc2nc(N=Cc3c(OC)ccc4ccccc34)sc2cc1OC. The number of aliphatic imine (C=N–C) groups is 1. The summed E-state index contributed by atoms with van der Waals surface area (Å²) in [6.07, 6.45) is 1.81. The lowest BCUT2D eigenvalue weighted by atomic mass is 10.0. The summed E-state index contributed by atoms with van der Waals surface area (Å²) in [6, 6.07) is 15.9. The summed E-state index contributed by atoms with van der Waals surface area (Å²) in [5.41, 5.74) is 1.76. The molecule has 0 fully saturated rings. The van der Waals surface area contributed by atoms with Gasteiger partial charge in [-0.15, -0.1) is 0 Å². The fraction of sp³-hybridized carbons (Fsp3) is 0.143. The van der Waals surface area contributed by atoms with Crippen LogP contribution in [0.1, 0.15) is 5.56 Å². The zero-order valence-electron chi connectivity index (χ0n) is 15.2. The van der Waals surface area contributed by atoms with E-state index in [0.717, 1.165) is 32.3 Å². The molecule has 0 radical (unpaired) electrons. The predicted octanol–water partition coefficient (Wildman–Crippen LogP) is 5.23. The first-order chi connectivity index (χ1) is 13.2. The van der Waals surface area contributed by atoms with Crippen LogP contribution in [0.5, 0.6) is 17.2 Å². The lowest BCUT2D eigenvalue weighted by molar-refractivity contribution is 0.356. The van der Waals surface area contributed by atoms with Gasteiger partial charge in [0.15, 0.2) is 11.5 Å². The molecule has 0 aliphatic carbocycles. The fourth-order valence-electron chi connectivity index (χ4n) is 3.00. The average Bonchev–Trinajstić information content (AvgIpc) is 3.12. The van der Waals surface area contributed by atoms with Crippen LogP contribution >= 0.6 is 11.3 Å². The number of nitrogens with zero attached hydrogens (tertiary/aromatic N) is 2. The van der Waals surface area contributed by atoms with Gasteiger partial charge in [0, 0.05) is 23.9 Å². The molecule has 1 aromatic heterocycles. The summed E-state index contributed by atoms with van der Waals surface area (Å²) >= 11 is 1.50. The Morgan fingerprint density at radius 3 is 2.41 bits per heavy atom. The van der Waals surface area contributed by atoms with Crippen molar-refractivity contribution in [1.29, 1.82) is 0 Å². The highest BCUT2D eigenvalue weighted by Crippen LogP contribution is 2.37. The van der Waals surface area contributed by atoms with Crippen LogP contribution in [-0.2, 0) is 0 Å². The molecule has 0 amide bonds. The van der Waals surface area contributed by atoms with Crippen molar-refractivity contribution in [3.63, 3.8) is 0 Å². The monoisotopic (exact) mass is 378 g/mol. The van der Waals surface area contributed by atoms with Crippen LogP contribution in [0.15, 0.2) is 53.5 Å². The van der Waals surface area contributed by atoms with Crippen LogP contribution in [0.2, 0.25) is 0 Å². The minimum atomic E-state index is 0.654. The first-order valence-corrected chi connectivity index (χ1v) is 9.17. The topological polar surface area (TPSA) is 52.9 Å². The highest BCUT2D eigenvalue weighted by molar-refractivity contribution is 7.22. The molecule has 5 nitrogen and oxygen atoms in total. The highest BCUT2D eigenvalue weighted by Gasteiger charge is 2.11. The van der Waals surface area contributed by atoms with Crippen molar-refractivity contribution in [2.45, 2.75) is 0 Å². The largest absolute Gasteiger partial charge is 0.496 e. The molecule has 0 aliphatic heterocycles. The molecule has 6 heteroatoms. The molecule has 1 heterocycles. The van der Waals surface area contributed by atoms with E-state index >= 15 is 0 Å². The quantitative estimate of drug-likeness (QED) is 0.447. The normalized spacial score (nSPS) is 11.4. The summed E-state index contributed by atoms with van der Waals surface area (Å²) in [6.45, 7) is 0. The third-order valence-corrected chi connectivity index (χ3v) is 5.26. The Labute approximate surface area is 160 Å². The van der Waals surface area contributed by atoms with Gasteiger partial charge in [0.25, 0.3) is 0 Å². The molecule has 27 heavy (non-hydrogen) atoms.